The molecule has 13 heavy (non-hydrogen) atoms. The molecule has 0 amide bonds. The Balaban J connectivity index is 3.13. The van der Waals surface area contributed by atoms with Crippen LogP contribution in [0.5, 0.6) is 0 Å². The first kappa shape index (κ1) is 10.1. The zero-order valence-electron chi connectivity index (χ0n) is 8.83. The number of aryl methyl sites for hydroxylation is 2. The van der Waals surface area contributed by atoms with E-state index in [-0.39, 0.29) is 0 Å². The Hall–Kier alpha value is -1.03. The van der Waals surface area contributed by atoms with Gasteiger partial charge in [0.1, 0.15) is 5.82 Å². The van der Waals surface area contributed by atoms with E-state index in [1.165, 1.54) is 5.56 Å². The van der Waals surface area contributed by atoms with Crippen LogP contribution in [-0.2, 0) is 13.5 Å². The summed E-state index contributed by atoms with van der Waals surface area (Å²) in [4.78, 5) is 2.07. The van der Waals surface area contributed by atoms with Gasteiger partial charge in [0.05, 0.1) is 5.69 Å². The molecule has 0 bridgehead atoms. The minimum absolute atomic E-state index is 0.674. The predicted molar refractivity (Wildman–Crippen MR) is 55.0 cm³/mol. The molecule has 0 aliphatic rings. The van der Waals surface area contributed by atoms with E-state index in [1.54, 1.807) is 0 Å². The maximum absolute atomic E-state index is 5.55. The molecule has 0 saturated heterocycles. The van der Waals surface area contributed by atoms with Crippen LogP contribution in [0.15, 0.2) is 0 Å². The largest absolute Gasteiger partial charge is 0.363 e. The van der Waals surface area contributed by atoms with E-state index in [4.69, 9.17) is 5.73 Å². The fourth-order valence-corrected chi connectivity index (χ4v) is 1.69. The van der Waals surface area contributed by atoms with Crippen LogP contribution in [0.3, 0.4) is 0 Å². The molecule has 0 radical (unpaired) electrons. The van der Waals surface area contributed by atoms with Gasteiger partial charge in [0.25, 0.3) is 0 Å². The molecule has 4 heteroatoms. The van der Waals surface area contributed by atoms with Gasteiger partial charge in [-0.3, -0.25) is 4.68 Å². The molecule has 1 aromatic rings. The molecule has 1 heterocycles. The van der Waals surface area contributed by atoms with Crippen molar-refractivity contribution in [1.29, 1.82) is 0 Å². The van der Waals surface area contributed by atoms with Crippen LogP contribution in [0.1, 0.15) is 11.3 Å². The summed E-state index contributed by atoms with van der Waals surface area (Å²) in [7, 11) is 6.01. The molecule has 0 spiro atoms. The maximum atomic E-state index is 5.55. The summed E-state index contributed by atoms with van der Waals surface area (Å²) < 4.78 is 1.90. The molecule has 0 aliphatic carbocycles. The summed E-state index contributed by atoms with van der Waals surface area (Å²) in [5.41, 5.74) is 7.89. The Morgan fingerprint density at radius 3 is 2.54 bits per heavy atom. The predicted octanol–water partition coefficient (Wildman–Crippen LogP) is 0.296. The molecule has 1 rings (SSSR count). The van der Waals surface area contributed by atoms with E-state index in [2.05, 4.69) is 10.00 Å². The van der Waals surface area contributed by atoms with Gasteiger partial charge in [0.2, 0.25) is 0 Å². The summed E-state index contributed by atoms with van der Waals surface area (Å²) >= 11 is 0. The van der Waals surface area contributed by atoms with Crippen LogP contribution >= 0.6 is 0 Å². The molecule has 0 aliphatic heterocycles. The molecule has 0 fully saturated rings. The van der Waals surface area contributed by atoms with Crippen LogP contribution in [0, 0.1) is 6.92 Å². The van der Waals surface area contributed by atoms with Crippen LogP contribution in [0.4, 0.5) is 5.82 Å². The molecular formula is C9H18N4. The van der Waals surface area contributed by atoms with E-state index in [9.17, 15) is 0 Å². The van der Waals surface area contributed by atoms with Crippen LogP contribution in [0.25, 0.3) is 0 Å². The Kier molecular flexibility index (Phi) is 2.93. The van der Waals surface area contributed by atoms with Crippen molar-refractivity contribution in [1.82, 2.24) is 9.78 Å². The number of aromatic nitrogens is 2. The van der Waals surface area contributed by atoms with Gasteiger partial charge in [-0.2, -0.15) is 5.10 Å². The van der Waals surface area contributed by atoms with E-state index >= 15 is 0 Å². The highest BCUT2D eigenvalue weighted by molar-refractivity contribution is 5.49. The van der Waals surface area contributed by atoms with Crippen molar-refractivity contribution >= 4 is 5.82 Å². The number of rotatable bonds is 3. The van der Waals surface area contributed by atoms with Gasteiger partial charge in [0.15, 0.2) is 0 Å². The third-order valence-electron chi connectivity index (χ3n) is 2.13. The van der Waals surface area contributed by atoms with Gasteiger partial charge >= 0.3 is 0 Å². The lowest BCUT2D eigenvalue weighted by molar-refractivity contribution is 0.744. The molecule has 0 atom stereocenters. The second-order valence-electron chi connectivity index (χ2n) is 3.44. The summed E-state index contributed by atoms with van der Waals surface area (Å²) in [5.74, 6) is 1.16. The molecule has 74 valence electrons. The Bertz CT molecular complexity index is 288. The highest BCUT2D eigenvalue weighted by atomic mass is 15.3. The lowest BCUT2D eigenvalue weighted by Crippen LogP contribution is -2.16. The average molecular weight is 182 g/mol. The number of nitrogens with zero attached hydrogens (tertiary/aromatic N) is 3. The monoisotopic (exact) mass is 182 g/mol. The van der Waals surface area contributed by atoms with Crippen molar-refractivity contribution in [3.63, 3.8) is 0 Å². The molecule has 0 aromatic carbocycles. The molecule has 0 unspecified atom stereocenters. The van der Waals surface area contributed by atoms with Crippen molar-refractivity contribution in [2.45, 2.75) is 13.3 Å². The molecule has 2 N–H and O–H groups in total. The smallest absolute Gasteiger partial charge is 0.129 e. The van der Waals surface area contributed by atoms with Gasteiger partial charge in [-0.25, -0.2) is 0 Å². The summed E-state index contributed by atoms with van der Waals surface area (Å²) in [6, 6.07) is 0. The standard InChI is InChI=1S/C9H18N4/c1-7-8(5-6-10)9(12(2)3)13(4)11-7/h5-6,10H2,1-4H3. The van der Waals surface area contributed by atoms with Gasteiger partial charge in [0, 0.05) is 26.7 Å². The Morgan fingerprint density at radius 1 is 1.46 bits per heavy atom. The second-order valence-corrected chi connectivity index (χ2v) is 3.44. The van der Waals surface area contributed by atoms with Crippen LogP contribution < -0.4 is 10.6 Å². The second kappa shape index (κ2) is 3.79. The van der Waals surface area contributed by atoms with Gasteiger partial charge in [-0.1, -0.05) is 0 Å². The third-order valence-corrected chi connectivity index (χ3v) is 2.13. The van der Waals surface area contributed by atoms with Gasteiger partial charge in [-0.05, 0) is 19.9 Å². The Morgan fingerprint density at radius 2 is 2.08 bits per heavy atom. The topological polar surface area (TPSA) is 47.1 Å². The summed E-state index contributed by atoms with van der Waals surface area (Å²) in [6.07, 6.45) is 0.896. The molecular weight excluding hydrogens is 164 g/mol. The minimum atomic E-state index is 0.674. The van der Waals surface area contributed by atoms with Crippen molar-refractivity contribution in [3.05, 3.63) is 11.3 Å². The van der Waals surface area contributed by atoms with Crippen LogP contribution in [-0.4, -0.2) is 30.4 Å². The quantitative estimate of drug-likeness (QED) is 0.731. The number of nitrogens with two attached hydrogens (primary N) is 1. The van der Waals surface area contributed by atoms with Gasteiger partial charge < -0.3 is 10.6 Å². The normalized spacial score (nSPS) is 10.5. The molecule has 0 saturated carbocycles. The lowest BCUT2D eigenvalue weighted by atomic mass is 10.1. The van der Waals surface area contributed by atoms with Crippen molar-refractivity contribution in [2.75, 3.05) is 25.5 Å². The molecule has 1 aromatic heterocycles. The van der Waals surface area contributed by atoms with Crippen molar-refractivity contribution in [3.8, 4) is 0 Å². The number of hydrogen-bond donors (Lipinski definition) is 1. The summed E-state index contributed by atoms with van der Waals surface area (Å²) in [5, 5.41) is 4.37. The van der Waals surface area contributed by atoms with E-state index in [1.807, 2.05) is 32.7 Å². The van der Waals surface area contributed by atoms with E-state index in [0.717, 1.165) is 17.9 Å². The average Bonchev–Trinajstić information content (AvgIpc) is 2.27. The fourth-order valence-electron chi connectivity index (χ4n) is 1.69. The zero-order chi connectivity index (χ0) is 10.0. The maximum Gasteiger partial charge on any atom is 0.129 e. The van der Waals surface area contributed by atoms with E-state index < -0.39 is 0 Å². The highest BCUT2D eigenvalue weighted by Gasteiger charge is 2.13. The van der Waals surface area contributed by atoms with Crippen molar-refractivity contribution in [2.24, 2.45) is 12.8 Å². The third kappa shape index (κ3) is 1.83. The first-order valence-corrected chi connectivity index (χ1v) is 4.47. The molecule has 4 nitrogen and oxygen atoms in total. The SMILES string of the molecule is Cc1nn(C)c(N(C)C)c1CCN. The minimum Gasteiger partial charge on any atom is -0.363 e. The number of anilines is 1. The Labute approximate surface area is 79.3 Å². The summed E-state index contributed by atoms with van der Waals surface area (Å²) in [6.45, 7) is 2.70. The number of hydrogen-bond acceptors (Lipinski definition) is 3. The first-order valence-electron chi connectivity index (χ1n) is 4.47. The van der Waals surface area contributed by atoms with Crippen molar-refractivity contribution < 1.29 is 0 Å². The first-order chi connectivity index (χ1) is 6.07. The fraction of sp³-hybridized carbons (Fsp3) is 0.667. The highest BCUT2D eigenvalue weighted by Crippen LogP contribution is 2.20. The lowest BCUT2D eigenvalue weighted by Gasteiger charge is -2.14. The zero-order valence-corrected chi connectivity index (χ0v) is 8.83. The van der Waals surface area contributed by atoms with Gasteiger partial charge in [-0.15, -0.1) is 0 Å². The van der Waals surface area contributed by atoms with E-state index in [0.29, 0.717) is 6.54 Å². The van der Waals surface area contributed by atoms with Crippen LogP contribution in [0.2, 0.25) is 0 Å².